The highest BCUT2D eigenvalue weighted by Gasteiger charge is 2.01. The summed E-state index contributed by atoms with van der Waals surface area (Å²) in [5.41, 5.74) is 6.79. The molecule has 15 heavy (non-hydrogen) atoms. The lowest BCUT2D eigenvalue weighted by Gasteiger charge is -2.03. The van der Waals surface area contributed by atoms with Gasteiger partial charge in [-0.1, -0.05) is 30.0 Å². The third-order valence-corrected chi connectivity index (χ3v) is 3.02. The van der Waals surface area contributed by atoms with Gasteiger partial charge < -0.3 is 5.73 Å². The Morgan fingerprint density at radius 2 is 2.00 bits per heavy atom. The van der Waals surface area contributed by atoms with Crippen LogP contribution in [0.25, 0.3) is 0 Å². The van der Waals surface area contributed by atoms with Crippen molar-refractivity contribution in [3.63, 3.8) is 0 Å². The lowest BCUT2D eigenvalue weighted by Crippen LogP contribution is -1.92. The van der Waals surface area contributed by atoms with Gasteiger partial charge in [-0.05, 0) is 18.6 Å². The standard InChI is InChI=1S/C11H11N3S/c1-8-4-2-3-5-9(8)15-11-7-13-6-10(12)14-11/h2-7H,1H3,(H2,12,14). The van der Waals surface area contributed by atoms with E-state index in [1.807, 2.05) is 12.1 Å². The normalized spacial score (nSPS) is 10.2. The molecule has 4 heteroatoms. The van der Waals surface area contributed by atoms with E-state index in [1.165, 1.54) is 10.5 Å². The molecule has 2 aromatic rings. The van der Waals surface area contributed by atoms with E-state index < -0.39 is 0 Å². The summed E-state index contributed by atoms with van der Waals surface area (Å²) in [7, 11) is 0. The maximum absolute atomic E-state index is 5.56. The Morgan fingerprint density at radius 3 is 2.73 bits per heavy atom. The smallest absolute Gasteiger partial charge is 0.143 e. The van der Waals surface area contributed by atoms with Crippen molar-refractivity contribution in [3.8, 4) is 0 Å². The topological polar surface area (TPSA) is 51.8 Å². The number of hydrogen-bond acceptors (Lipinski definition) is 4. The molecular formula is C11H11N3S. The average Bonchev–Trinajstić information content (AvgIpc) is 2.22. The molecule has 0 aliphatic carbocycles. The summed E-state index contributed by atoms with van der Waals surface area (Å²) in [6.07, 6.45) is 3.26. The van der Waals surface area contributed by atoms with E-state index in [0.29, 0.717) is 5.82 Å². The first-order valence-electron chi connectivity index (χ1n) is 4.57. The van der Waals surface area contributed by atoms with Gasteiger partial charge in [0, 0.05) is 4.90 Å². The van der Waals surface area contributed by atoms with Crippen LogP contribution in [-0.2, 0) is 0 Å². The highest BCUT2D eigenvalue weighted by Crippen LogP contribution is 2.28. The Kier molecular flexibility index (Phi) is 2.87. The minimum atomic E-state index is 0.452. The molecule has 2 N–H and O–H groups in total. The predicted octanol–water partition coefficient (Wildman–Crippen LogP) is 2.52. The summed E-state index contributed by atoms with van der Waals surface area (Å²) in [6.45, 7) is 2.07. The summed E-state index contributed by atoms with van der Waals surface area (Å²) in [6, 6.07) is 8.16. The van der Waals surface area contributed by atoms with Crippen LogP contribution in [0.2, 0.25) is 0 Å². The lowest BCUT2D eigenvalue weighted by atomic mass is 10.2. The molecule has 0 fully saturated rings. The molecule has 1 heterocycles. The van der Waals surface area contributed by atoms with Crippen molar-refractivity contribution in [1.82, 2.24) is 9.97 Å². The van der Waals surface area contributed by atoms with Crippen molar-refractivity contribution >= 4 is 17.6 Å². The highest BCUT2D eigenvalue weighted by atomic mass is 32.2. The fraction of sp³-hybridized carbons (Fsp3) is 0.0909. The van der Waals surface area contributed by atoms with Gasteiger partial charge in [-0.2, -0.15) is 0 Å². The molecule has 1 aromatic carbocycles. The second-order valence-corrected chi connectivity index (χ2v) is 4.21. The van der Waals surface area contributed by atoms with Gasteiger partial charge in [0.15, 0.2) is 0 Å². The molecule has 0 saturated carbocycles. The van der Waals surface area contributed by atoms with Crippen molar-refractivity contribution in [2.75, 3.05) is 5.73 Å². The van der Waals surface area contributed by atoms with Crippen molar-refractivity contribution in [3.05, 3.63) is 42.2 Å². The Hall–Kier alpha value is -1.55. The number of rotatable bonds is 2. The number of aryl methyl sites for hydroxylation is 1. The minimum absolute atomic E-state index is 0.452. The zero-order valence-corrected chi connectivity index (χ0v) is 9.16. The monoisotopic (exact) mass is 217 g/mol. The third-order valence-electron chi connectivity index (χ3n) is 1.94. The fourth-order valence-electron chi connectivity index (χ4n) is 1.20. The van der Waals surface area contributed by atoms with Gasteiger partial charge in [0.2, 0.25) is 0 Å². The van der Waals surface area contributed by atoms with Crippen LogP contribution >= 0.6 is 11.8 Å². The summed E-state index contributed by atoms with van der Waals surface area (Å²) in [4.78, 5) is 9.37. The van der Waals surface area contributed by atoms with Crippen LogP contribution in [0.4, 0.5) is 5.82 Å². The molecule has 0 bridgehead atoms. The van der Waals surface area contributed by atoms with Crippen LogP contribution in [0.3, 0.4) is 0 Å². The van der Waals surface area contributed by atoms with Gasteiger partial charge >= 0.3 is 0 Å². The van der Waals surface area contributed by atoms with Crippen LogP contribution in [0.1, 0.15) is 5.56 Å². The van der Waals surface area contributed by atoms with Crippen LogP contribution in [-0.4, -0.2) is 9.97 Å². The Morgan fingerprint density at radius 1 is 1.20 bits per heavy atom. The molecule has 0 spiro atoms. The second-order valence-electron chi connectivity index (χ2n) is 3.15. The summed E-state index contributed by atoms with van der Waals surface area (Å²) >= 11 is 1.57. The number of nitrogen functional groups attached to an aromatic ring is 1. The van der Waals surface area contributed by atoms with E-state index in [2.05, 4.69) is 29.0 Å². The van der Waals surface area contributed by atoms with E-state index in [0.717, 1.165) is 5.03 Å². The summed E-state index contributed by atoms with van der Waals surface area (Å²) in [5.74, 6) is 0.452. The van der Waals surface area contributed by atoms with Crippen molar-refractivity contribution in [2.24, 2.45) is 0 Å². The molecule has 0 saturated heterocycles. The van der Waals surface area contributed by atoms with Gasteiger partial charge in [-0.25, -0.2) is 4.98 Å². The number of anilines is 1. The van der Waals surface area contributed by atoms with Crippen LogP contribution in [0, 0.1) is 6.92 Å². The molecule has 0 radical (unpaired) electrons. The summed E-state index contributed by atoms with van der Waals surface area (Å²) < 4.78 is 0. The average molecular weight is 217 g/mol. The van der Waals surface area contributed by atoms with Gasteiger partial charge in [0.1, 0.15) is 10.8 Å². The molecule has 0 unspecified atom stereocenters. The van der Waals surface area contributed by atoms with Crippen molar-refractivity contribution < 1.29 is 0 Å². The first-order valence-corrected chi connectivity index (χ1v) is 5.38. The third kappa shape index (κ3) is 2.47. The quantitative estimate of drug-likeness (QED) is 0.839. The Labute approximate surface area is 92.8 Å². The second kappa shape index (κ2) is 4.31. The molecule has 3 nitrogen and oxygen atoms in total. The van der Waals surface area contributed by atoms with Crippen molar-refractivity contribution in [2.45, 2.75) is 16.8 Å². The van der Waals surface area contributed by atoms with Crippen LogP contribution in [0.5, 0.6) is 0 Å². The number of aromatic nitrogens is 2. The summed E-state index contributed by atoms with van der Waals surface area (Å²) in [5, 5.41) is 0.823. The molecular weight excluding hydrogens is 206 g/mol. The molecule has 1 aromatic heterocycles. The Bertz CT molecular complexity index is 471. The zero-order valence-electron chi connectivity index (χ0n) is 8.34. The predicted molar refractivity (Wildman–Crippen MR) is 61.7 cm³/mol. The van der Waals surface area contributed by atoms with Crippen LogP contribution < -0.4 is 5.73 Å². The van der Waals surface area contributed by atoms with E-state index in [4.69, 9.17) is 5.73 Å². The number of nitrogens with zero attached hydrogens (tertiary/aromatic N) is 2. The first kappa shape index (κ1) is 9.98. The van der Waals surface area contributed by atoms with E-state index >= 15 is 0 Å². The minimum Gasteiger partial charge on any atom is -0.382 e. The van der Waals surface area contributed by atoms with Crippen molar-refractivity contribution in [1.29, 1.82) is 0 Å². The van der Waals surface area contributed by atoms with E-state index in [9.17, 15) is 0 Å². The molecule has 0 amide bonds. The van der Waals surface area contributed by atoms with Gasteiger partial charge in [-0.15, -0.1) is 0 Å². The fourth-order valence-corrected chi connectivity index (χ4v) is 2.06. The lowest BCUT2D eigenvalue weighted by molar-refractivity contribution is 1.06. The first-order chi connectivity index (χ1) is 7.25. The van der Waals surface area contributed by atoms with E-state index in [-0.39, 0.29) is 0 Å². The number of nitrogens with two attached hydrogens (primary N) is 1. The molecule has 0 aliphatic heterocycles. The van der Waals surface area contributed by atoms with Gasteiger partial charge in [0.25, 0.3) is 0 Å². The molecule has 0 atom stereocenters. The maximum Gasteiger partial charge on any atom is 0.143 e. The zero-order chi connectivity index (χ0) is 10.7. The Balaban J connectivity index is 2.26. The van der Waals surface area contributed by atoms with E-state index in [1.54, 1.807) is 24.2 Å². The SMILES string of the molecule is Cc1ccccc1Sc1cncc(N)n1. The molecule has 76 valence electrons. The largest absolute Gasteiger partial charge is 0.382 e. The van der Waals surface area contributed by atoms with Gasteiger partial charge in [0.05, 0.1) is 12.4 Å². The number of hydrogen-bond donors (Lipinski definition) is 1. The maximum atomic E-state index is 5.56. The molecule has 2 rings (SSSR count). The number of benzene rings is 1. The van der Waals surface area contributed by atoms with Crippen LogP contribution in [0.15, 0.2) is 46.6 Å². The molecule has 0 aliphatic rings. The van der Waals surface area contributed by atoms with Gasteiger partial charge in [-0.3, -0.25) is 4.98 Å². The highest BCUT2D eigenvalue weighted by molar-refractivity contribution is 7.99.